The lowest BCUT2D eigenvalue weighted by molar-refractivity contribution is -0.144. The Balaban J connectivity index is 1.51. The molecule has 130 valence electrons. The first-order chi connectivity index (χ1) is 11.2. The van der Waals surface area contributed by atoms with Crippen molar-refractivity contribution in [3.63, 3.8) is 0 Å². The highest BCUT2D eigenvalue weighted by Gasteiger charge is 2.66. The van der Waals surface area contributed by atoms with Crippen molar-refractivity contribution < 1.29 is 22.8 Å². The molecule has 4 rings (SSSR count). The molecule has 1 aromatic heterocycles. The van der Waals surface area contributed by atoms with Crippen LogP contribution in [0.2, 0.25) is 0 Å². The van der Waals surface area contributed by atoms with Crippen molar-refractivity contribution in [1.82, 2.24) is 25.8 Å². The zero-order valence-electron chi connectivity index (χ0n) is 12.8. The molecule has 5 unspecified atom stereocenters. The summed E-state index contributed by atoms with van der Waals surface area (Å²) in [5.41, 5.74) is -0.925. The Hall–Kier alpha value is -2.13. The number of hydrogen-bond donors (Lipinski definition) is 3. The molecular formula is C14H16F3N5O2. The molecule has 7 nitrogen and oxygen atoms in total. The topological polar surface area (TPSA) is 99.8 Å². The first-order valence-corrected chi connectivity index (χ1v) is 7.83. The lowest BCUT2D eigenvalue weighted by Gasteiger charge is -2.31. The summed E-state index contributed by atoms with van der Waals surface area (Å²) < 4.78 is 37.7. The van der Waals surface area contributed by atoms with E-state index in [0.29, 0.717) is 12.3 Å². The van der Waals surface area contributed by atoms with E-state index in [-0.39, 0.29) is 29.5 Å². The molecular weight excluding hydrogens is 327 g/mol. The highest BCUT2D eigenvalue weighted by Crippen LogP contribution is 2.57. The second-order valence-electron chi connectivity index (χ2n) is 6.95. The fourth-order valence-corrected chi connectivity index (χ4v) is 4.51. The van der Waals surface area contributed by atoms with Crippen LogP contribution in [0.5, 0.6) is 0 Å². The number of carbonyl (C=O) groups excluding carboxylic acids is 2. The van der Waals surface area contributed by atoms with Crippen LogP contribution >= 0.6 is 0 Å². The van der Waals surface area contributed by atoms with Crippen molar-refractivity contribution in [2.45, 2.75) is 43.9 Å². The van der Waals surface area contributed by atoms with Gasteiger partial charge in [0.2, 0.25) is 11.8 Å². The van der Waals surface area contributed by atoms with Crippen LogP contribution in [-0.2, 0) is 15.8 Å². The average Bonchev–Trinajstić information content (AvgIpc) is 3.20. The van der Waals surface area contributed by atoms with Gasteiger partial charge in [-0.25, -0.2) is 4.98 Å². The third kappa shape index (κ3) is 2.04. The predicted molar refractivity (Wildman–Crippen MR) is 73.1 cm³/mol. The highest BCUT2D eigenvalue weighted by atomic mass is 19.4. The predicted octanol–water partition coefficient (Wildman–Crippen LogP) is 0.915. The van der Waals surface area contributed by atoms with Gasteiger partial charge in [0.25, 0.3) is 5.82 Å². The number of aromatic amines is 1. The summed E-state index contributed by atoms with van der Waals surface area (Å²) in [6.07, 6.45) is -2.40. The first kappa shape index (κ1) is 15.4. The maximum atomic E-state index is 12.7. The minimum absolute atomic E-state index is 0.0253. The van der Waals surface area contributed by atoms with Crippen LogP contribution in [0.3, 0.4) is 0 Å². The Labute approximate surface area is 134 Å². The van der Waals surface area contributed by atoms with Gasteiger partial charge < -0.3 is 10.6 Å². The molecule has 1 saturated heterocycles. The second-order valence-corrected chi connectivity index (χ2v) is 6.95. The summed E-state index contributed by atoms with van der Waals surface area (Å²) in [4.78, 5) is 28.2. The van der Waals surface area contributed by atoms with E-state index in [9.17, 15) is 22.8 Å². The van der Waals surface area contributed by atoms with Gasteiger partial charge in [0.15, 0.2) is 0 Å². The summed E-state index contributed by atoms with van der Waals surface area (Å²) >= 11 is 0. The summed E-state index contributed by atoms with van der Waals surface area (Å²) in [6, 6.07) is -0.773. The van der Waals surface area contributed by atoms with Crippen LogP contribution in [0, 0.1) is 17.8 Å². The van der Waals surface area contributed by atoms with E-state index in [1.54, 1.807) is 0 Å². The van der Waals surface area contributed by atoms with Crippen LogP contribution in [0.15, 0.2) is 0 Å². The molecule has 2 heterocycles. The van der Waals surface area contributed by atoms with Crippen molar-refractivity contribution in [3.8, 4) is 0 Å². The zero-order valence-corrected chi connectivity index (χ0v) is 12.8. The lowest BCUT2D eigenvalue weighted by atomic mass is 9.78. The normalized spacial score (nSPS) is 35.2. The van der Waals surface area contributed by atoms with Crippen LogP contribution in [0.1, 0.15) is 43.9 Å². The number of hydrogen-bond acceptors (Lipinski definition) is 4. The molecule has 3 N–H and O–H groups in total. The van der Waals surface area contributed by atoms with Crippen LogP contribution in [0.25, 0.3) is 0 Å². The number of nitrogens with one attached hydrogen (secondary N) is 3. The maximum Gasteiger partial charge on any atom is 0.453 e. The molecule has 3 fully saturated rings. The minimum atomic E-state index is -4.64. The summed E-state index contributed by atoms with van der Waals surface area (Å²) in [7, 11) is 0. The third-order valence-corrected chi connectivity index (χ3v) is 5.51. The molecule has 2 saturated carbocycles. The fourth-order valence-electron chi connectivity index (χ4n) is 4.51. The standard InChI is InChI=1S/C14H16F3N5O2/c1-5(9-19-11(22-21-9)14(15,16)17)18-12(24)13-4-6-2-7(8(13)3-6)10(23)20-13/h5-8H,2-4H2,1H3,(H,18,24)(H,20,23)(H,19,21,22). The molecule has 0 aromatic carbocycles. The monoisotopic (exact) mass is 343 g/mol. The number of rotatable bonds is 3. The van der Waals surface area contributed by atoms with E-state index in [1.807, 2.05) is 0 Å². The Bertz CT molecular complexity index is 718. The Kier molecular flexibility index (Phi) is 3.02. The van der Waals surface area contributed by atoms with Crippen molar-refractivity contribution in [1.29, 1.82) is 0 Å². The van der Waals surface area contributed by atoms with E-state index in [0.717, 1.165) is 12.8 Å². The molecule has 2 amide bonds. The van der Waals surface area contributed by atoms with Gasteiger partial charge in [-0.3, -0.25) is 14.7 Å². The zero-order chi connectivity index (χ0) is 17.3. The van der Waals surface area contributed by atoms with E-state index >= 15 is 0 Å². The van der Waals surface area contributed by atoms with E-state index in [1.165, 1.54) is 6.92 Å². The van der Waals surface area contributed by atoms with Crippen LogP contribution in [0.4, 0.5) is 13.2 Å². The smallest absolute Gasteiger partial charge is 0.344 e. The number of halogens is 3. The molecule has 2 aliphatic carbocycles. The van der Waals surface area contributed by atoms with Crippen molar-refractivity contribution >= 4 is 11.8 Å². The quantitative estimate of drug-likeness (QED) is 0.760. The lowest BCUT2D eigenvalue weighted by Crippen LogP contribution is -2.56. The van der Waals surface area contributed by atoms with Gasteiger partial charge in [0.1, 0.15) is 11.4 Å². The Morgan fingerprint density at radius 1 is 1.42 bits per heavy atom. The molecule has 1 aromatic rings. The van der Waals surface area contributed by atoms with Gasteiger partial charge >= 0.3 is 6.18 Å². The molecule has 0 radical (unpaired) electrons. The van der Waals surface area contributed by atoms with Gasteiger partial charge in [0.05, 0.1) is 6.04 Å². The number of fused-ring (bicyclic) bond motifs is 1. The first-order valence-electron chi connectivity index (χ1n) is 7.83. The number of amides is 2. The number of alkyl halides is 3. The van der Waals surface area contributed by atoms with Gasteiger partial charge in [0, 0.05) is 11.8 Å². The van der Waals surface area contributed by atoms with Gasteiger partial charge in [-0.1, -0.05) is 0 Å². The third-order valence-electron chi connectivity index (χ3n) is 5.51. The number of nitrogens with zero attached hydrogens (tertiary/aromatic N) is 2. The van der Waals surface area contributed by atoms with Gasteiger partial charge in [-0.15, -0.1) is 5.10 Å². The highest BCUT2D eigenvalue weighted by molar-refractivity contribution is 5.97. The molecule has 1 aliphatic heterocycles. The van der Waals surface area contributed by atoms with E-state index in [2.05, 4.69) is 25.8 Å². The van der Waals surface area contributed by atoms with Crippen molar-refractivity contribution in [2.24, 2.45) is 17.8 Å². The summed E-state index contributed by atoms with van der Waals surface area (Å²) in [5, 5.41) is 10.8. The van der Waals surface area contributed by atoms with E-state index in [4.69, 9.17) is 0 Å². The van der Waals surface area contributed by atoms with Crippen LogP contribution in [-0.4, -0.2) is 32.5 Å². The van der Waals surface area contributed by atoms with Crippen molar-refractivity contribution in [3.05, 3.63) is 11.6 Å². The van der Waals surface area contributed by atoms with E-state index < -0.39 is 23.6 Å². The largest absolute Gasteiger partial charge is 0.453 e. The average molecular weight is 343 g/mol. The Morgan fingerprint density at radius 3 is 2.79 bits per heavy atom. The fraction of sp³-hybridized carbons (Fsp3) is 0.714. The van der Waals surface area contributed by atoms with Crippen molar-refractivity contribution in [2.75, 3.05) is 0 Å². The Morgan fingerprint density at radius 2 is 2.17 bits per heavy atom. The maximum absolute atomic E-state index is 12.7. The minimum Gasteiger partial charge on any atom is -0.344 e. The molecule has 10 heteroatoms. The van der Waals surface area contributed by atoms with Gasteiger partial charge in [-0.2, -0.15) is 13.2 Å². The summed E-state index contributed by atoms with van der Waals surface area (Å²) in [6.45, 7) is 1.52. The van der Waals surface area contributed by atoms with Crippen LogP contribution < -0.4 is 10.6 Å². The summed E-state index contributed by atoms with van der Waals surface area (Å²) in [5.74, 6) is -1.59. The molecule has 5 atom stereocenters. The number of aromatic nitrogens is 3. The molecule has 0 spiro atoms. The molecule has 24 heavy (non-hydrogen) atoms. The molecule has 2 bridgehead atoms. The number of H-pyrrole nitrogens is 1. The second kappa shape index (κ2) is 4.70. The molecule has 3 aliphatic rings. The van der Waals surface area contributed by atoms with Gasteiger partial charge in [-0.05, 0) is 32.1 Å². The SMILES string of the molecule is CC(NC(=O)C12CC3CC(C(=O)N1)C2C3)c1nc(C(F)(F)F)n[nH]1. The number of carbonyl (C=O) groups is 2.